The quantitative estimate of drug-likeness (QED) is 0.319. The highest BCUT2D eigenvalue weighted by Gasteiger charge is 2.43. The Hall–Kier alpha value is -3.55. The van der Waals surface area contributed by atoms with Crippen LogP contribution in [0, 0.1) is 0 Å². The summed E-state index contributed by atoms with van der Waals surface area (Å²) >= 11 is 6.34. The van der Waals surface area contributed by atoms with Gasteiger partial charge in [0.15, 0.2) is 0 Å². The molecule has 0 bridgehead atoms. The lowest BCUT2D eigenvalue weighted by Gasteiger charge is -2.36. The number of primary amides is 1. The number of morpholine rings is 1. The second-order valence-electron chi connectivity index (χ2n) is 11.8. The Labute approximate surface area is 274 Å². The van der Waals surface area contributed by atoms with E-state index in [1.807, 2.05) is 54.3 Å². The van der Waals surface area contributed by atoms with Crippen LogP contribution in [0.2, 0.25) is 5.02 Å². The molecule has 46 heavy (non-hydrogen) atoms. The van der Waals surface area contributed by atoms with Crippen molar-refractivity contribution in [1.29, 1.82) is 0 Å². The van der Waals surface area contributed by atoms with Crippen molar-refractivity contribution < 1.29 is 27.5 Å². The van der Waals surface area contributed by atoms with Crippen LogP contribution in [0.1, 0.15) is 30.5 Å². The first-order chi connectivity index (χ1) is 22.0. The molecule has 0 aliphatic carbocycles. The molecule has 3 aromatic rings. The van der Waals surface area contributed by atoms with E-state index in [9.17, 15) is 22.8 Å². The molecule has 2 aliphatic rings. The third-order valence-corrected chi connectivity index (χ3v) is 10.3. The van der Waals surface area contributed by atoms with Gasteiger partial charge in [0.25, 0.3) is 5.91 Å². The largest absolute Gasteiger partial charge is 0.379 e. The number of rotatable bonds is 11. The summed E-state index contributed by atoms with van der Waals surface area (Å²) in [6.07, 6.45) is 0.535. The van der Waals surface area contributed by atoms with E-state index in [2.05, 4.69) is 4.72 Å². The topological polar surface area (TPSA) is 142 Å². The Morgan fingerprint density at radius 2 is 1.76 bits per heavy atom. The standard InChI is InChI=1S/C33H40ClN5O6S/c1-23-12-13-38(29(32(35)41)21-25-8-4-7-24-6-2-3-11-28(24)25)33(42)31(26-9-5-10-27(34)20-26)39(23)30(40)22-36-46(43,44)19-16-37-14-17-45-18-15-37/h2-11,20,23,29,31,36H,12-19,21-22H2,1H3,(H2,35,41)/t23?,29-,31?/m1/s1. The normalized spacial score (nSPS) is 20.4. The van der Waals surface area contributed by atoms with Crippen LogP contribution in [0.5, 0.6) is 0 Å². The zero-order chi connectivity index (χ0) is 32.8. The molecular formula is C33H40ClN5O6S. The molecule has 2 heterocycles. The van der Waals surface area contributed by atoms with E-state index in [0.29, 0.717) is 49.9 Å². The van der Waals surface area contributed by atoms with Crippen LogP contribution in [0.25, 0.3) is 10.8 Å². The molecule has 2 saturated heterocycles. The molecule has 2 unspecified atom stereocenters. The maximum Gasteiger partial charge on any atom is 0.250 e. The van der Waals surface area contributed by atoms with Crippen molar-refractivity contribution in [3.8, 4) is 0 Å². The molecule has 246 valence electrons. The van der Waals surface area contributed by atoms with E-state index >= 15 is 0 Å². The number of fused-ring (bicyclic) bond motifs is 1. The van der Waals surface area contributed by atoms with Crippen LogP contribution in [-0.2, 0) is 35.6 Å². The third kappa shape index (κ3) is 8.05. The Morgan fingerprint density at radius 3 is 2.50 bits per heavy atom. The highest BCUT2D eigenvalue weighted by Crippen LogP contribution is 2.33. The Balaban J connectivity index is 1.41. The van der Waals surface area contributed by atoms with Gasteiger partial charge in [0.05, 0.1) is 25.5 Å². The third-order valence-electron chi connectivity index (χ3n) is 8.73. The van der Waals surface area contributed by atoms with Crippen LogP contribution in [0.15, 0.2) is 66.7 Å². The fourth-order valence-corrected chi connectivity index (χ4v) is 7.42. The monoisotopic (exact) mass is 669 g/mol. The molecule has 2 fully saturated rings. The number of carbonyl (C=O) groups is 3. The first kappa shape index (κ1) is 33.8. The van der Waals surface area contributed by atoms with Crippen molar-refractivity contribution >= 4 is 50.1 Å². The van der Waals surface area contributed by atoms with Crippen molar-refractivity contribution in [2.24, 2.45) is 5.73 Å². The van der Waals surface area contributed by atoms with Crippen molar-refractivity contribution in [3.05, 3.63) is 82.9 Å². The number of hydrogen-bond donors (Lipinski definition) is 2. The number of hydrogen-bond acceptors (Lipinski definition) is 7. The summed E-state index contributed by atoms with van der Waals surface area (Å²) in [6, 6.07) is 17.6. The zero-order valence-electron chi connectivity index (χ0n) is 25.8. The smallest absolute Gasteiger partial charge is 0.250 e. The van der Waals surface area contributed by atoms with Gasteiger partial charge in [0, 0.05) is 43.7 Å². The summed E-state index contributed by atoms with van der Waals surface area (Å²) in [4.78, 5) is 46.3. The predicted octanol–water partition coefficient (Wildman–Crippen LogP) is 2.33. The molecule has 2 aliphatic heterocycles. The van der Waals surface area contributed by atoms with Crippen LogP contribution >= 0.6 is 11.6 Å². The lowest BCUT2D eigenvalue weighted by molar-refractivity contribution is -0.148. The molecule has 0 radical (unpaired) electrons. The van der Waals surface area contributed by atoms with Crippen molar-refractivity contribution in [3.63, 3.8) is 0 Å². The number of sulfonamides is 1. The highest BCUT2D eigenvalue weighted by molar-refractivity contribution is 7.89. The summed E-state index contributed by atoms with van der Waals surface area (Å²) in [7, 11) is -3.79. The predicted molar refractivity (Wildman–Crippen MR) is 177 cm³/mol. The average molecular weight is 670 g/mol. The minimum Gasteiger partial charge on any atom is -0.379 e. The van der Waals surface area contributed by atoms with Gasteiger partial charge in [-0.3, -0.25) is 19.3 Å². The fourth-order valence-electron chi connectivity index (χ4n) is 6.24. The van der Waals surface area contributed by atoms with E-state index < -0.39 is 52.4 Å². The molecule has 0 spiro atoms. The second-order valence-corrected chi connectivity index (χ2v) is 14.1. The second kappa shape index (κ2) is 14.9. The first-order valence-corrected chi connectivity index (χ1v) is 17.5. The minimum absolute atomic E-state index is 0.171. The van der Waals surface area contributed by atoms with E-state index in [4.69, 9.17) is 22.1 Å². The van der Waals surface area contributed by atoms with Gasteiger partial charge in [-0.15, -0.1) is 0 Å². The molecule has 3 aromatic carbocycles. The van der Waals surface area contributed by atoms with Gasteiger partial charge >= 0.3 is 0 Å². The summed E-state index contributed by atoms with van der Waals surface area (Å²) in [5, 5.41) is 2.32. The lowest BCUT2D eigenvalue weighted by atomic mass is 9.96. The van der Waals surface area contributed by atoms with Gasteiger partial charge in [-0.25, -0.2) is 13.1 Å². The maximum absolute atomic E-state index is 14.5. The highest BCUT2D eigenvalue weighted by atomic mass is 35.5. The molecule has 3 atom stereocenters. The fraction of sp³-hybridized carbons (Fsp3) is 0.424. The Morgan fingerprint density at radius 1 is 1.04 bits per heavy atom. The Bertz CT molecular complexity index is 1680. The maximum atomic E-state index is 14.5. The Kier molecular flexibility index (Phi) is 11.0. The number of carbonyl (C=O) groups excluding carboxylic acids is 3. The molecular weight excluding hydrogens is 630 g/mol. The molecule has 3 N–H and O–H groups in total. The molecule has 3 amide bonds. The SMILES string of the molecule is CC1CCN([C@H](Cc2cccc3ccccc23)C(N)=O)C(=O)C(c2cccc(Cl)c2)N1C(=O)CNS(=O)(=O)CCN1CCOCC1. The summed E-state index contributed by atoms with van der Waals surface area (Å²) in [5.74, 6) is -1.88. The summed E-state index contributed by atoms with van der Waals surface area (Å²) in [5.41, 5.74) is 7.28. The number of benzene rings is 3. The van der Waals surface area contributed by atoms with Crippen LogP contribution in [0.3, 0.4) is 0 Å². The van der Waals surface area contributed by atoms with Gasteiger partial charge in [-0.2, -0.15) is 0 Å². The number of amides is 3. The molecule has 0 saturated carbocycles. The van der Waals surface area contributed by atoms with E-state index in [0.717, 1.165) is 16.3 Å². The van der Waals surface area contributed by atoms with Crippen LogP contribution in [0.4, 0.5) is 0 Å². The minimum atomic E-state index is -3.79. The number of nitrogens with zero attached hydrogens (tertiary/aromatic N) is 3. The number of nitrogens with two attached hydrogens (primary N) is 1. The molecule has 11 nitrogen and oxygen atoms in total. The van der Waals surface area contributed by atoms with E-state index in [1.54, 1.807) is 24.3 Å². The van der Waals surface area contributed by atoms with Crippen LogP contribution in [-0.4, -0.2) is 105 Å². The molecule has 5 rings (SSSR count). The summed E-state index contributed by atoms with van der Waals surface area (Å²) < 4.78 is 33.5. The number of nitrogens with one attached hydrogen (secondary N) is 1. The van der Waals surface area contributed by atoms with Crippen molar-refractivity contribution in [2.45, 2.75) is 37.9 Å². The van der Waals surface area contributed by atoms with Gasteiger partial charge in [0.2, 0.25) is 21.8 Å². The molecule has 0 aromatic heterocycles. The number of halogens is 1. The summed E-state index contributed by atoms with van der Waals surface area (Å²) in [6.45, 7) is 4.17. The van der Waals surface area contributed by atoms with E-state index in [-0.39, 0.29) is 18.7 Å². The van der Waals surface area contributed by atoms with Crippen molar-refractivity contribution in [2.75, 3.05) is 51.7 Å². The number of ether oxygens (including phenoxy) is 1. The van der Waals surface area contributed by atoms with Gasteiger partial charge in [-0.1, -0.05) is 66.2 Å². The first-order valence-electron chi connectivity index (χ1n) is 15.4. The van der Waals surface area contributed by atoms with E-state index in [1.165, 1.54) is 9.80 Å². The average Bonchev–Trinajstić information content (AvgIpc) is 3.17. The molecule has 13 heteroatoms. The van der Waals surface area contributed by atoms with Gasteiger partial charge in [-0.05, 0) is 47.4 Å². The van der Waals surface area contributed by atoms with Crippen molar-refractivity contribution in [1.82, 2.24) is 19.4 Å². The van der Waals surface area contributed by atoms with Gasteiger partial charge in [0.1, 0.15) is 12.1 Å². The van der Waals surface area contributed by atoms with Crippen LogP contribution < -0.4 is 10.5 Å². The lowest BCUT2D eigenvalue weighted by Crippen LogP contribution is -2.53. The zero-order valence-corrected chi connectivity index (χ0v) is 27.4. The van der Waals surface area contributed by atoms with Gasteiger partial charge < -0.3 is 20.3 Å².